The summed E-state index contributed by atoms with van der Waals surface area (Å²) in [5.41, 5.74) is 0.859. The normalized spacial score (nSPS) is 11.2. The molecular weight excluding hydrogens is 339 g/mol. The fourth-order valence-electron chi connectivity index (χ4n) is 3.00. The summed E-state index contributed by atoms with van der Waals surface area (Å²) in [5.74, 6) is 0.390. The fourth-order valence-corrected chi connectivity index (χ4v) is 3.00. The number of halogens is 1. The van der Waals surface area contributed by atoms with Gasteiger partial charge in [-0.05, 0) is 19.1 Å². The molecule has 8 heteroatoms. The van der Waals surface area contributed by atoms with Crippen LogP contribution in [0.1, 0.15) is 6.92 Å². The van der Waals surface area contributed by atoms with Gasteiger partial charge in [0, 0.05) is 29.9 Å². The van der Waals surface area contributed by atoms with E-state index in [1.54, 1.807) is 24.4 Å². The highest BCUT2D eigenvalue weighted by Crippen LogP contribution is 2.30. The summed E-state index contributed by atoms with van der Waals surface area (Å²) in [5, 5.41) is 0.466. The minimum Gasteiger partial charge on any atom is -0.496 e. The van der Waals surface area contributed by atoms with Crippen LogP contribution in [0, 0.1) is 5.82 Å². The van der Waals surface area contributed by atoms with Crippen LogP contribution in [0.4, 0.5) is 4.39 Å². The smallest absolute Gasteiger partial charge is 0.332 e. The molecule has 0 unspecified atom stereocenters. The van der Waals surface area contributed by atoms with Crippen LogP contribution in [-0.2, 0) is 0 Å². The summed E-state index contributed by atoms with van der Waals surface area (Å²) in [4.78, 5) is 23.4. The van der Waals surface area contributed by atoms with Crippen molar-refractivity contribution >= 4 is 22.1 Å². The Balaban J connectivity index is 2.07. The standard InChI is InChI=1S/C18H15FN4O3/c1-3-26-14-5-7-21-17-16(14)23(18(24)22-17)10-8-11-13(25-2)4-6-20-15(11)12(19)9-10/h4-9H,3H2,1-2H3,(H,21,22,24). The van der Waals surface area contributed by atoms with E-state index in [0.29, 0.717) is 40.3 Å². The topological polar surface area (TPSA) is 82.0 Å². The number of H-pyrrole nitrogens is 1. The Morgan fingerprint density at radius 3 is 2.73 bits per heavy atom. The van der Waals surface area contributed by atoms with E-state index in [1.165, 1.54) is 23.9 Å². The van der Waals surface area contributed by atoms with Gasteiger partial charge in [-0.2, -0.15) is 0 Å². The first-order valence-electron chi connectivity index (χ1n) is 7.99. The second-order valence-corrected chi connectivity index (χ2v) is 5.54. The van der Waals surface area contributed by atoms with Crippen molar-refractivity contribution < 1.29 is 13.9 Å². The number of benzene rings is 1. The SMILES string of the molecule is CCOc1ccnc2[nH]c(=O)n(-c3cc(F)c4nccc(OC)c4c3)c12. The lowest BCUT2D eigenvalue weighted by atomic mass is 10.1. The Morgan fingerprint density at radius 2 is 1.96 bits per heavy atom. The average molecular weight is 354 g/mol. The molecule has 0 aliphatic heterocycles. The number of ether oxygens (including phenoxy) is 2. The number of methoxy groups -OCH3 is 1. The number of pyridine rings is 2. The van der Waals surface area contributed by atoms with Gasteiger partial charge in [0.2, 0.25) is 0 Å². The molecule has 0 radical (unpaired) electrons. The van der Waals surface area contributed by atoms with Gasteiger partial charge in [0.15, 0.2) is 11.5 Å². The number of hydrogen-bond donors (Lipinski definition) is 1. The Morgan fingerprint density at radius 1 is 1.19 bits per heavy atom. The van der Waals surface area contributed by atoms with Crippen molar-refractivity contribution in [3.05, 3.63) is 53.0 Å². The third-order valence-electron chi connectivity index (χ3n) is 4.06. The molecule has 0 aliphatic carbocycles. The van der Waals surface area contributed by atoms with Crippen molar-refractivity contribution in [1.29, 1.82) is 0 Å². The lowest BCUT2D eigenvalue weighted by Crippen LogP contribution is -2.15. The van der Waals surface area contributed by atoms with Crippen LogP contribution in [0.15, 0.2) is 41.5 Å². The molecular formula is C18H15FN4O3. The summed E-state index contributed by atoms with van der Waals surface area (Å²) in [7, 11) is 1.49. The van der Waals surface area contributed by atoms with Crippen LogP contribution in [0.2, 0.25) is 0 Å². The van der Waals surface area contributed by atoms with E-state index in [4.69, 9.17) is 9.47 Å². The van der Waals surface area contributed by atoms with Gasteiger partial charge in [-0.3, -0.25) is 14.5 Å². The third kappa shape index (κ3) is 2.38. The molecule has 0 atom stereocenters. The van der Waals surface area contributed by atoms with Crippen molar-refractivity contribution in [2.24, 2.45) is 0 Å². The molecule has 3 aromatic heterocycles. The Kier molecular flexibility index (Phi) is 3.80. The maximum atomic E-state index is 14.6. The Bertz CT molecular complexity index is 1180. The molecule has 0 saturated carbocycles. The summed E-state index contributed by atoms with van der Waals surface area (Å²) in [6, 6.07) is 6.21. The van der Waals surface area contributed by atoms with Gasteiger partial charge in [0.1, 0.15) is 22.5 Å². The van der Waals surface area contributed by atoms with Crippen molar-refractivity contribution in [2.45, 2.75) is 6.92 Å². The Hall–Kier alpha value is -3.42. The Labute approximate surface area is 147 Å². The number of hydrogen-bond acceptors (Lipinski definition) is 5. The lowest BCUT2D eigenvalue weighted by Gasteiger charge is -2.11. The van der Waals surface area contributed by atoms with Crippen LogP contribution in [-0.4, -0.2) is 33.2 Å². The van der Waals surface area contributed by atoms with Crippen molar-refractivity contribution in [3.63, 3.8) is 0 Å². The number of aromatic amines is 1. The monoisotopic (exact) mass is 354 g/mol. The highest BCUT2D eigenvalue weighted by atomic mass is 19.1. The molecule has 4 rings (SSSR count). The third-order valence-corrected chi connectivity index (χ3v) is 4.06. The van der Waals surface area contributed by atoms with Crippen LogP contribution in [0.3, 0.4) is 0 Å². The van der Waals surface area contributed by atoms with E-state index in [0.717, 1.165) is 0 Å². The minimum atomic E-state index is -0.556. The van der Waals surface area contributed by atoms with E-state index in [9.17, 15) is 9.18 Å². The quantitative estimate of drug-likeness (QED) is 0.609. The number of imidazole rings is 1. The first-order chi connectivity index (χ1) is 12.6. The average Bonchev–Trinajstić information content (AvgIpc) is 2.98. The van der Waals surface area contributed by atoms with Crippen molar-refractivity contribution in [2.75, 3.05) is 13.7 Å². The van der Waals surface area contributed by atoms with E-state index >= 15 is 0 Å². The number of nitrogens with zero attached hydrogens (tertiary/aromatic N) is 3. The highest BCUT2D eigenvalue weighted by Gasteiger charge is 2.17. The van der Waals surface area contributed by atoms with Gasteiger partial charge in [0.05, 0.1) is 19.4 Å². The molecule has 0 bridgehead atoms. The van der Waals surface area contributed by atoms with E-state index < -0.39 is 11.5 Å². The summed E-state index contributed by atoms with van der Waals surface area (Å²) in [6.07, 6.45) is 3.01. The molecule has 1 N–H and O–H groups in total. The molecule has 7 nitrogen and oxygen atoms in total. The highest BCUT2D eigenvalue weighted by molar-refractivity contribution is 5.88. The molecule has 132 valence electrons. The predicted octanol–water partition coefficient (Wildman–Crippen LogP) is 2.81. The number of rotatable bonds is 4. The molecule has 0 fully saturated rings. The summed E-state index contributed by atoms with van der Waals surface area (Å²) in [6.45, 7) is 2.26. The molecule has 1 aromatic carbocycles. The summed E-state index contributed by atoms with van der Waals surface area (Å²) < 4.78 is 26.9. The molecule has 0 aliphatic rings. The molecule has 0 spiro atoms. The van der Waals surface area contributed by atoms with Gasteiger partial charge in [-0.15, -0.1) is 0 Å². The second-order valence-electron chi connectivity index (χ2n) is 5.54. The molecule has 26 heavy (non-hydrogen) atoms. The minimum absolute atomic E-state index is 0.171. The van der Waals surface area contributed by atoms with Gasteiger partial charge in [-0.1, -0.05) is 0 Å². The maximum absolute atomic E-state index is 14.6. The number of aromatic nitrogens is 4. The van der Waals surface area contributed by atoms with E-state index in [-0.39, 0.29) is 5.52 Å². The van der Waals surface area contributed by atoms with E-state index in [2.05, 4.69) is 15.0 Å². The van der Waals surface area contributed by atoms with Crippen LogP contribution in [0.5, 0.6) is 11.5 Å². The fraction of sp³-hybridized carbons (Fsp3) is 0.167. The maximum Gasteiger partial charge on any atom is 0.332 e. The van der Waals surface area contributed by atoms with E-state index in [1.807, 2.05) is 6.92 Å². The van der Waals surface area contributed by atoms with Gasteiger partial charge < -0.3 is 9.47 Å². The molecule has 0 saturated heterocycles. The van der Waals surface area contributed by atoms with Gasteiger partial charge in [0.25, 0.3) is 0 Å². The van der Waals surface area contributed by atoms with Crippen LogP contribution < -0.4 is 15.2 Å². The van der Waals surface area contributed by atoms with Crippen molar-refractivity contribution in [3.8, 4) is 17.2 Å². The van der Waals surface area contributed by atoms with Gasteiger partial charge >= 0.3 is 5.69 Å². The molecule has 0 amide bonds. The van der Waals surface area contributed by atoms with Crippen LogP contribution in [0.25, 0.3) is 27.8 Å². The van der Waals surface area contributed by atoms with Crippen molar-refractivity contribution in [1.82, 2.24) is 19.5 Å². The number of fused-ring (bicyclic) bond motifs is 2. The zero-order valence-corrected chi connectivity index (χ0v) is 14.1. The first kappa shape index (κ1) is 16.1. The first-order valence-corrected chi connectivity index (χ1v) is 7.99. The summed E-state index contributed by atoms with van der Waals surface area (Å²) >= 11 is 0. The predicted molar refractivity (Wildman–Crippen MR) is 94.7 cm³/mol. The lowest BCUT2D eigenvalue weighted by molar-refractivity contribution is 0.343. The van der Waals surface area contributed by atoms with Gasteiger partial charge in [-0.25, -0.2) is 14.2 Å². The van der Waals surface area contributed by atoms with Crippen LogP contribution >= 0.6 is 0 Å². The largest absolute Gasteiger partial charge is 0.496 e. The zero-order chi connectivity index (χ0) is 18.3. The number of nitrogens with one attached hydrogen (secondary N) is 1. The molecule has 4 aromatic rings. The molecule has 3 heterocycles. The zero-order valence-electron chi connectivity index (χ0n) is 14.1. The second kappa shape index (κ2) is 6.14.